The third-order valence-corrected chi connectivity index (χ3v) is 4.02. The van der Waals surface area contributed by atoms with Crippen molar-refractivity contribution in [1.29, 1.82) is 0 Å². The lowest BCUT2D eigenvalue weighted by atomic mass is 9.84. The number of hydrogen-bond donors (Lipinski definition) is 3. The van der Waals surface area contributed by atoms with Gasteiger partial charge in [0.2, 0.25) is 0 Å². The van der Waals surface area contributed by atoms with Crippen LogP contribution < -0.4 is 0 Å². The van der Waals surface area contributed by atoms with Gasteiger partial charge in [-0.1, -0.05) is 53.0 Å². The van der Waals surface area contributed by atoms with E-state index in [0.29, 0.717) is 30.8 Å². The molecule has 0 aliphatic carbocycles. The van der Waals surface area contributed by atoms with Gasteiger partial charge in [-0.3, -0.25) is 4.79 Å². The van der Waals surface area contributed by atoms with Crippen LogP contribution in [0, 0.1) is 5.92 Å². The van der Waals surface area contributed by atoms with Crippen LogP contribution in [0.25, 0.3) is 0 Å². The Balaban J connectivity index is 4.93. The number of carboxylic acid groups (broad SMARTS) is 1. The smallest absolute Gasteiger partial charge is 0.306 e. The lowest BCUT2D eigenvalue weighted by molar-refractivity contribution is -0.138. The maximum Gasteiger partial charge on any atom is 0.306 e. The summed E-state index contributed by atoms with van der Waals surface area (Å²) in [6.45, 7) is 8.06. The summed E-state index contributed by atoms with van der Waals surface area (Å²) in [6, 6.07) is 0. The normalized spacial score (nSPS) is 18.1. The van der Waals surface area contributed by atoms with E-state index in [2.05, 4.69) is 13.8 Å². The van der Waals surface area contributed by atoms with E-state index in [1.807, 2.05) is 13.8 Å². The molecule has 0 saturated heterocycles. The fourth-order valence-electron chi connectivity index (χ4n) is 2.64. The number of rotatable bonds is 11. The van der Waals surface area contributed by atoms with Crippen LogP contribution in [0.1, 0.15) is 72.6 Å². The minimum Gasteiger partial charge on any atom is -0.481 e. The zero-order chi connectivity index (χ0) is 16.5. The molecule has 0 bridgehead atoms. The molecule has 0 aromatic heterocycles. The van der Waals surface area contributed by atoms with Crippen molar-refractivity contribution in [3.63, 3.8) is 0 Å². The second kappa shape index (κ2) is 9.96. The molecule has 0 aromatic carbocycles. The highest BCUT2D eigenvalue weighted by Gasteiger charge is 2.26. The third kappa shape index (κ3) is 8.22. The fourth-order valence-corrected chi connectivity index (χ4v) is 2.64. The number of hydrogen-bond acceptors (Lipinski definition) is 3. The Hall–Kier alpha value is -0.870. The van der Waals surface area contributed by atoms with Crippen LogP contribution in [0.4, 0.5) is 0 Å². The Morgan fingerprint density at radius 3 is 2.33 bits per heavy atom. The van der Waals surface area contributed by atoms with Gasteiger partial charge in [-0.05, 0) is 30.8 Å². The van der Waals surface area contributed by atoms with Gasteiger partial charge in [-0.2, -0.15) is 0 Å². The summed E-state index contributed by atoms with van der Waals surface area (Å²) in [7, 11) is 0. The fraction of sp³-hybridized carbons (Fsp3) is 0.824. The standard InChI is InChI=1S/C17H32O4/c1-5-8-9-13(4)11-17(21,7-3)12-14(6-2)15(18)10-16(19)20/h12-13,15,18,21H,5-11H2,1-4H3,(H,19,20)/b14-12-/t13?,15-,17?/m0/s1. The van der Waals surface area contributed by atoms with Crippen molar-refractivity contribution in [3.8, 4) is 0 Å². The van der Waals surface area contributed by atoms with Gasteiger partial charge in [0.1, 0.15) is 0 Å². The van der Waals surface area contributed by atoms with Gasteiger partial charge in [-0.25, -0.2) is 0 Å². The van der Waals surface area contributed by atoms with Crippen LogP contribution in [0.3, 0.4) is 0 Å². The van der Waals surface area contributed by atoms with E-state index in [-0.39, 0.29) is 6.42 Å². The molecule has 0 amide bonds. The zero-order valence-electron chi connectivity index (χ0n) is 13.9. The highest BCUT2D eigenvalue weighted by Crippen LogP contribution is 2.28. The molecule has 0 aliphatic rings. The summed E-state index contributed by atoms with van der Waals surface area (Å²) >= 11 is 0. The van der Waals surface area contributed by atoms with E-state index in [0.717, 1.165) is 19.3 Å². The number of carboxylic acids is 1. The van der Waals surface area contributed by atoms with Crippen molar-refractivity contribution in [3.05, 3.63) is 11.6 Å². The summed E-state index contributed by atoms with van der Waals surface area (Å²) in [4.78, 5) is 10.7. The SMILES string of the molecule is CCCCC(C)CC(O)(/C=C(/CC)[C@@H](O)CC(=O)O)CC. The van der Waals surface area contributed by atoms with Crippen LogP contribution in [-0.4, -0.2) is 33.0 Å². The van der Waals surface area contributed by atoms with E-state index >= 15 is 0 Å². The molecule has 0 saturated carbocycles. The van der Waals surface area contributed by atoms with Crippen LogP contribution in [0.15, 0.2) is 11.6 Å². The van der Waals surface area contributed by atoms with Gasteiger partial charge in [0.15, 0.2) is 0 Å². The van der Waals surface area contributed by atoms with Crippen LogP contribution in [0.2, 0.25) is 0 Å². The lowest BCUT2D eigenvalue weighted by Gasteiger charge is -2.29. The van der Waals surface area contributed by atoms with Crippen molar-refractivity contribution >= 4 is 5.97 Å². The van der Waals surface area contributed by atoms with Crippen molar-refractivity contribution in [2.75, 3.05) is 0 Å². The van der Waals surface area contributed by atoms with Gasteiger partial charge in [0.05, 0.1) is 18.1 Å². The predicted molar refractivity (Wildman–Crippen MR) is 85.2 cm³/mol. The Kier molecular flexibility index (Phi) is 9.54. The molecule has 124 valence electrons. The summed E-state index contributed by atoms with van der Waals surface area (Å²) in [5, 5.41) is 29.5. The Morgan fingerprint density at radius 1 is 1.29 bits per heavy atom. The van der Waals surface area contributed by atoms with E-state index in [1.54, 1.807) is 6.08 Å². The molecule has 4 heteroatoms. The van der Waals surface area contributed by atoms with Crippen molar-refractivity contribution in [1.82, 2.24) is 0 Å². The average molecular weight is 300 g/mol. The van der Waals surface area contributed by atoms with E-state index in [1.165, 1.54) is 0 Å². The lowest BCUT2D eigenvalue weighted by Crippen LogP contribution is -2.30. The molecule has 0 radical (unpaired) electrons. The second-order valence-corrected chi connectivity index (χ2v) is 6.10. The minimum absolute atomic E-state index is 0.315. The summed E-state index contributed by atoms with van der Waals surface area (Å²) < 4.78 is 0. The molecule has 21 heavy (non-hydrogen) atoms. The summed E-state index contributed by atoms with van der Waals surface area (Å²) in [5.74, 6) is -0.626. The number of unbranched alkanes of at least 4 members (excludes halogenated alkanes) is 1. The first kappa shape index (κ1) is 20.1. The van der Waals surface area contributed by atoms with Crippen molar-refractivity contribution in [2.24, 2.45) is 5.92 Å². The monoisotopic (exact) mass is 300 g/mol. The molecular weight excluding hydrogens is 268 g/mol. The molecule has 0 rings (SSSR count). The maximum absolute atomic E-state index is 10.7. The molecular formula is C17H32O4. The average Bonchev–Trinajstić information content (AvgIpc) is 2.41. The molecule has 3 atom stereocenters. The Morgan fingerprint density at radius 2 is 1.90 bits per heavy atom. The van der Waals surface area contributed by atoms with Gasteiger partial charge in [0, 0.05) is 0 Å². The van der Waals surface area contributed by atoms with E-state index in [9.17, 15) is 15.0 Å². The summed E-state index contributed by atoms with van der Waals surface area (Å²) in [6.07, 6.45) is 5.48. The molecule has 0 aromatic rings. The first-order valence-electron chi connectivity index (χ1n) is 8.11. The molecule has 0 aliphatic heterocycles. The van der Waals surface area contributed by atoms with E-state index in [4.69, 9.17) is 5.11 Å². The van der Waals surface area contributed by atoms with Crippen LogP contribution >= 0.6 is 0 Å². The first-order valence-corrected chi connectivity index (χ1v) is 8.11. The molecule has 4 nitrogen and oxygen atoms in total. The minimum atomic E-state index is -1.03. The molecule has 0 heterocycles. The molecule has 0 fully saturated rings. The van der Waals surface area contributed by atoms with Crippen molar-refractivity contribution in [2.45, 2.75) is 84.3 Å². The molecule has 0 spiro atoms. The Bertz CT molecular complexity index is 338. The number of aliphatic hydroxyl groups excluding tert-OH is 1. The van der Waals surface area contributed by atoms with Gasteiger partial charge < -0.3 is 15.3 Å². The zero-order valence-corrected chi connectivity index (χ0v) is 13.9. The number of aliphatic hydroxyl groups is 2. The maximum atomic E-state index is 10.7. The van der Waals surface area contributed by atoms with Gasteiger partial charge in [-0.15, -0.1) is 0 Å². The predicted octanol–water partition coefficient (Wildman–Crippen LogP) is 3.52. The first-order chi connectivity index (χ1) is 9.77. The highest BCUT2D eigenvalue weighted by molar-refractivity contribution is 5.67. The third-order valence-electron chi connectivity index (χ3n) is 4.02. The van der Waals surface area contributed by atoms with Gasteiger partial charge in [0.25, 0.3) is 0 Å². The quantitative estimate of drug-likeness (QED) is 0.510. The largest absolute Gasteiger partial charge is 0.481 e. The van der Waals surface area contributed by atoms with Crippen LogP contribution in [0.5, 0.6) is 0 Å². The summed E-state index contributed by atoms with van der Waals surface area (Å²) in [5.41, 5.74) is -0.345. The van der Waals surface area contributed by atoms with E-state index < -0.39 is 17.7 Å². The van der Waals surface area contributed by atoms with Gasteiger partial charge >= 0.3 is 5.97 Å². The Labute approximate surface area is 128 Å². The van der Waals surface area contributed by atoms with Crippen molar-refractivity contribution < 1.29 is 20.1 Å². The topological polar surface area (TPSA) is 77.8 Å². The number of carbonyl (C=O) groups is 1. The molecule has 2 unspecified atom stereocenters. The number of aliphatic carboxylic acids is 1. The highest BCUT2D eigenvalue weighted by atomic mass is 16.4. The second-order valence-electron chi connectivity index (χ2n) is 6.10. The van der Waals surface area contributed by atoms with Crippen LogP contribution in [-0.2, 0) is 4.79 Å². The molecule has 3 N–H and O–H groups in total.